The van der Waals surface area contributed by atoms with Crippen LogP contribution in [0.3, 0.4) is 0 Å². The van der Waals surface area contributed by atoms with Crippen molar-refractivity contribution in [3.05, 3.63) is 47.7 Å². The molecule has 7 heteroatoms. The first kappa shape index (κ1) is 13.6. The van der Waals surface area contributed by atoms with Crippen LogP contribution in [0, 0.1) is 0 Å². The Balaban J connectivity index is 2.45. The van der Waals surface area contributed by atoms with E-state index in [-0.39, 0.29) is 15.8 Å². The molecule has 0 aliphatic carbocycles. The third-order valence-electron chi connectivity index (χ3n) is 2.58. The van der Waals surface area contributed by atoms with Gasteiger partial charge in [-0.1, -0.05) is 11.6 Å². The second kappa shape index (κ2) is 5.07. The van der Waals surface area contributed by atoms with E-state index < -0.39 is 10.0 Å². The molecule has 1 N–H and O–H groups in total. The number of hydrogen-bond acceptors (Lipinski definition) is 4. The summed E-state index contributed by atoms with van der Waals surface area (Å²) in [5, 5.41) is 9.13. The molecule has 100 valence electrons. The van der Waals surface area contributed by atoms with Crippen LogP contribution in [0.25, 0.3) is 0 Å². The van der Waals surface area contributed by atoms with Crippen LogP contribution in [0.4, 0.5) is 5.69 Å². The second-order valence-electron chi connectivity index (χ2n) is 3.78. The molecule has 2 aromatic rings. The summed E-state index contributed by atoms with van der Waals surface area (Å²) in [6.07, 6.45) is 1.42. The fourth-order valence-corrected chi connectivity index (χ4v) is 3.13. The van der Waals surface area contributed by atoms with Gasteiger partial charge < -0.3 is 5.11 Å². The van der Waals surface area contributed by atoms with Gasteiger partial charge in [-0.25, -0.2) is 13.4 Å². The maximum atomic E-state index is 12.4. The molecule has 0 saturated heterocycles. The number of nitrogens with zero attached hydrogens (tertiary/aromatic N) is 2. The lowest BCUT2D eigenvalue weighted by Gasteiger charge is -2.19. The van der Waals surface area contributed by atoms with Crippen LogP contribution in [0.2, 0.25) is 5.15 Å². The summed E-state index contributed by atoms with van der Waals surface area (Å²) in [6.45, 7) is 0. The van der Waals surface area contributed by atoms with Crippen LogP contribution in [0.1, 0.15) is 0 Å². The molecule has 1 heterocycles. The average Bonchev–Trinajstić information content (AvgIpc) is 2.39. The Bertz CT molecular complexity index is 686. The van der Waals surface area contributed by atoms with Crippen molar-refractivity contribution in [2.45, 2.75) is 4.90 Å². The molecule has 1 aromatic carbocycles. The number of phenolic OH excluding ortho intramolecular Hbond substituents is 1. The molecule has 0 atom stereocenters. The van der Waals surface area contributed by atoms with Crippen LogP contribution in [-0.2, 0) is 10.0 Å². The Morgan fingerprint density at radius 2 is 1.84 bits per heavy atom. The van der Waals surface area contributed by atoms with Crippen molar-refractivity contribution in [3.63, 3.8) is 0 Å². The maximum Gasteiger partial charge on any atom is 0.267 e. The fraction of sp³-hybridized carbons (Fsp3) is 0.0833. The number of halogens is 1. The summed E-state index contributed by atoms with van der Waals surface area (Å²) < 4.78 is 25.8. The van der Waals surface area contributed by atoms with E-state index in [2.05, 4.69) is 4.98 Å². The van der Waals surface area contributed by atoms with Gasteiger partial charge in [0.15, 0.2) is 0 Å². The summed E-state index contributed by atoms with van der Waals surface area (Å²) in [7, 11) is -2.37. The van der Waals surface area contributed by atoms with Gasteiger partial charge in [0, 0.05) is 13.2 Å². The van der Waals surface area contributed by atoms with Crippen molar-refractivity contribution >= 4 is 27.3 Å². The maximum absolute atomic E-state index is 12.4. The van der Waals surface area contributed by atoms with Crippen molar-refractivity contribution in [3.8, 4) is 5.75 Å². The number of sulfonamides is 1. The highest BCUT2D eigenvalue weighted by Crippen LogP contribution is 2.26. The molecule has 19 heavy (non-hydrogen) atoms. The van der Waals surface area contributed by atoms with Gasteiger partial charge in [0.2, 0.25) is 0 Å². The van der Waals surface area contributed by atoms with E-state index >= 15 is 0 Å². The Morgan fingerprint density at radius 1 is 1.21 bits per heavy atom. The summed E-state index contributed by atoms with van der Waals surface area (Å²) in [6, 6.07) is 8.71. The van der Waals surface area contributed by atoms with E-state index in [4.69, 9.17) is 11.6 Å². The molecule has 1 aromatic heterocycles. The lowest BCUT2D eigenvalue weighted by atomic mass is 10.3. The molecular weight excluding hydrogens is 288 g/mol. The lowest BCUT2D eigenvalue weighted by Crippen LogP contribution is -2.26. The molecule has 0 bridgehead atoms. The number of rotatable bonds is 3. The molecule has 0 aliphatic heterocycles. The zero-order chi connectivity index (χ0) is 14.0. The zero-order valence-electron chi connectivity index (χ0n) is 9.99. The molecule has 2 rings (SSSR count). The Labute approximate surface area is 116 Å². The SMILES string of the molecule is CN(c1ccc(O)cc1)S(=O)(=O)c1cccnc1Cl. The summed E-state index contributed by atoms with van der Waals surface area (Å²) in [5.74, 6) is 0.0639. The summed E-state index contributed by atoms with van der Waals surface area (Å²) in [4.78, 5) is 3.69. The predicted octanol–water partition coefficient (Wildman–Crippen LogP) is 2.27. The van der Waals surface area contributed by atoms with Gasteiger partial charge in [-0.3, -0.25) is 4.31 Å². The van der Waals surface area contributed by atoms with Gasteiger partial charge in [-0.15, -0.1) is 0 Å². The van der Waals surface area contributed by atoms with Gasteiger partial charge in [-0.2, -0.15) is 0 Å². The Kier molecular flexibility index (Phi) is 3.64. The monoisotopic (exact) mass is 298 g/mol. The quantitative estimate of drug-likeness (QED) is 0.883. The van der Waals surface area contributed by atoms with Gasteiger partial charge in [0.25, 0.3) is 10.0 Å². The number of hydrogen-bond donors (Lipinski definition) is 1. The van der Waals surface area contributed by atoms with Crippen molar-refractivity contribution < 1.29 is 13.5 Å². The highest BCUT2D eigenvalue weighted by atomic mass is 35.5. The third-order valence-corrected chi connectivity index (χ3v) is 4.81. The molecule has 0 unspecified atom stereocenters. The first-order valence-electron chi connectivity index (χ1n) is 5.31. The van der Waals surface area contributed by atoms with Crippen molar-refractivity contribution in [1.82, 2.24) is 4.98 Å². The van der Waals surface area contributed by atoms with Gasteiger partial charge in [0.1, 0.15) is 15.8 Å². The van der Waals surface area contributed by atoms with E-state index in [1.807, 2.05) is 0 Å². The second-order valence-corrected chi connectivity index (χ2v) is 6.08. The third kappa shape index (κ3) is 2.64. The fourth-order valence-electron chi connectivity index (χ4n) is 1.51. The van der Waals surface area contributed by atoms with Crippen molar-refractivity contribution in [2.75, 3.05) is 11.4 Å². The van der Waals surface area contributed by atoms with E-state index in [1.54, 1.807) is 0 Å². The first-order valence-corrected chi connectivity index (χ1v) is 7.13. The number of anilines is 1. The smallest absolute Gasteiger partial charge is 0.267 e. The standard InChI is InChI=1S/C12H11ClN2O3S/c1-15(9-4-6-10(16)7-5-9)19(17,18)11-3-2-8-14-12(11)13/h2-8,16H,1H3. The number of benzene rings is 1. The molecule has 0 amide bonds. The van der Waals surface area contributed by atoms with Crippen molar-refractivity contribution in [2.24, 2.45) is 0 Å². The highest BCUT2D eigenvalue weighted by Gasteiger charge is 2.24. The number of aromatic hydroxyl groups is 1. The molecule has 5 nitrogen and oxygen atoms in total. The van der Waals surface area contributed by atoms with Crippen LogP contribution >= 0.6 is 11.6 Å². The Morgan fingerprint density at radius 3 is 2.42 bits per heavy atom. The van der Waals surface area contributed by atoms with Gasteiger partial charge in [0.05, 0.1) is 5.69 Å². The van der Waals surface area contributed by atoms with Gasteiger partial charge >= 0.3 is 0 Å². The molecule has 0 fully saturated rings. The van der Waals surface area contributed by atoms with E-state index in [1.165, 1.54) is 49.6 Å². The summed E-state index contributed by atoms with van der Waals surface area (Å²) in [5.41, 5.74) is 0.415. The minimum atomic E-state index is -3.78. The largest absolute Gasteiger partial charge is 0.508 e. The van der Waals surface area contributed by atoms with Crippen molar-refractivity contribution in [1.29, 1.82) is 0 Å². The molecule has 0 radical (unpaired) electrons. The van der Waals surface area contributed by atoms with Crippen LogP contribution in [-0.4, -0.2) is 25.6 Å². The number of aromatic nitrogens is 1. The van der Waals surface area contributed by atoms with Crippen LogP contribution in [0.5, 0.6) is 5.75 Å². The average molecular weight is 299 g/mol. The van der Waals surface area contributed by atoms with E-state index in [9.17, 15) is 13.5 Å². The minimum absolute atomic E-state index is 0.0627. The van der Waals surface area contributed by atoms with Crippen LogP contribution < -0.4 is 4.31 Å². The zero-order valence-corrected chi connectivity index (χ0v) is 11.6. The lowest BCUT2D eigenvalue weighted by molar-refractivity contribution is 0.475. The molecule has 0 spiro atoms. The molecule has 0 aliphatic rings. The Hall–Kier alpha value is -1.79. The molecular formula is C12H11ClN2O3S. The molecule has 0 saturated carbocycles. The normalized spacial score (nSPS) is 11.3. The van der Waals surface area contributed by atoms with Gasteiger partial charge in [-0.05, 0) is 36.4 Å². The highest BCUT2D eigenvalue weighted by molar-refractivity contribution is 7.92. The van der Waals surface area contributed by atoms with E-state index in [0.717, 1.165) is 4.31 Å². The summed E-state index contributed by atoms with van der Waals surface area (Å²) >= 11 is 5.81. The number of pyridine rings is 1. The topological polar surface area (TPSA) is 70.5 Å². The minimum Gasteiger partial charge on any atom is -0.508 e. The predicted molar refractivity (Wildman–Crippen MR) is 72.9 cm³/mol. The van der Waals surface area contributed by atoms with E-state index in [0.29, 0.717) is 5.69 Å². The number of phenols is 1. The van der Waals surface area contributed by atoms with Crippen LogP contribution in [0.15, 0.2) is 47.5 Å². The first-order chi connectivity index (χ1) is 8.93.